The molecule has 2 rings (SSSR count). The first-order valence-electron chi connectivity index (χ1n) is 6.53. The first kappa shape index (κ1) is 14.0. The third kappa shape index (κ3) is 3.34. The molecule has 4 nitrogen and oxygen atoms in total. The molecule has 1 aliphatic carbocycles. The van der Waals surface area contributed by atoms with Crippen LogP contribution < -0.4 is 4.72 Å². The summed E-state index contributed by atoms with van der Waals surface area (Å²) in [6.07, 6.45) is 4.62. The van der Waals surface area contributed by atoms with Gasteiger partial charge < -0.3 is 0 Å². The molecule has 0 aliphatic heterocycles. The molecule has 102 valence electrons. The van der Waals surface area contributed by atoms with E-state index in [9.17, 15) is 8.42 Å². The normalized spacial score (nSPS) is 15.8. The molecule has 1 N–H and O–H groups in total. The van der Waals surface area contributed by atoms with E-state index in [0.29, 0.717) is 23.6 Å². The average Bonchev–Trinajstić information content (AvgIpc) is 2.32. The number of benzene rings is 1. The van der Waals surface area contributed by atoms with E-state index < -0.39 is 10.0 Å². The summed E-state index contributed by atoms with van der Waals surface area (Å²) in [5.74, 6) is 0.686. The fourth-order valence-electron chi connectivity index (χ4n) is 2.19. The van der Waals surface area contributed by atoms with Crippen LogP contribution in [0.15, 0.2) is 23.1 Å². The van der Waals surface area contributed by atoms with Crippen LogP contribution in [0, 0.1) is 24.2 Å². The van der Waals surface area contributed by atoms with Crippen LogP contribution >= 0.6 is 0 Å². The highest BCUT2D eigenvalue weighted by molar-refractivity contribution is 7.89. The molecule has 1 saturated carbocycles. The predicted octanol–water partition coefficient (Wildman–Crippen LogP) is 2.34. The quantitative estimate of drug-likeness (QED) is 0.898. The average molecular weight is 278 g/mol. The smallest absolute Gasteiger partial charge is 0.211 e. The molecule has 1 fully saturated rings. The van der Waals surface area contributed by atoms with Crippen molar-refractivity contribution in [1.29, 1.82) is 5.26 Å². The van der Waals surface area contributed by atoms with Gasteiger partial charge in [0.15, 0.2) is 0 Å². The summed E-state index contributed by atoms with van der Waals surface area (Å²) in [5.41, 5.74) is 1.19. The van der Waals surface area contributed by atoms with Gasteiger partial charge in [0.2, 0.25) is 10.0 Å². The van der Waals surface area contributed by atoms with Crippen LogP contribution in [0.3, 0.4) is 0 Å². The van der Waals surface area contributed by atoms with Gasteiger partial charge in [-0.3, -0.25) is 0 Å². The van der Waals surface area contributed by atoms with Gasteiger partial charge in [0, 0.05) is 6.54 Å². The Morgan fingerprint density at radius 2 is 2.16 bits per heavy atom. The first-order valence-corrected chi connectivity index (χ1v) is 8.01. The van der Waals surface area contributed by atoms with Crippen LogP contribution in [0.5, 0.6) is 0 Å². The zero-order chi connectivity index (χ0) is 13.9. The van der Waals surface area contributed by atoms with E-state index in [4.69, 9.17) is 5.26 Å². The standard InChI is InChI=1S/C14H18N2O2S/c1-11-9-14(6-5-13(11)10-15)19(17,18)16-8-7-12-3-2-4-12/h5-6,9,12,16H,2-4,7-8H2,1H3. The molecule has 0 saturated heterocycles. The summed E-state index contributed by atoms with van der Waals surface area (Å²) in [7, 11) is -3.45. The summed E-state index contributed by atoms with van der Waals surface area (Å²) in [4.78, 5) is 0.234. The van der Waals surface area contributed by atoms with Gasteiger partial charge in [0.05, 0.1) is 16.5 Å². The molecular weight excluding hydrogens is 260 g/mol. The molecule has 1 aliphatic rings. The van der Waals surface area contributed by atoms with Gasteiger partial charge in [0.25, 0.3) is 0 Å². The predicted molar refractivity (Wildman–Crippen MR) is 73.0 cm³/mol. The Hall–Kier alpha value is -1.38. The van der Waals surface area contributed by atoms with Crippen LogP contribution in [0.2, 0.25) is 0 Å². The summed E-state index contributed by atoms with van der Waals surface area (Å²) >= 11 is 0. The summed E-state index contributed by atoms with van der Waals surface area (Å²) in [6.45, 7) is 2.23. The number of nitriles is 1. The number of rotatable bonds is 5. The molecule has 19 heavy (non-hydrogen) atoms. The second kappa shape index (κ2) is 5.72. The minimum Gasteiger partial charge on any atom is -0.211 e. The molecule has 0 amide bonds. The Kier molecular flexibility index (Phi) is 4.23. The largest absolute Gasteiger partial charge is 0.240 e. The van der Waals surface area contributed by atoms with E-state index in [2.05, 4.69) is 4.72 Å². The molecule has 0 radical (unpaired) electrons. The van der Waals surface area contributed by atoms with Gasteiger partial charge in [-0.2, -0.15) is 5.26 Å². The molecule has 1 aromatic rings. The maximum Gasteiger partial charge on any atom is 0.240 e. The first-order chi connectivity index (χ1) is 9.03. The molecule has 5 heteroatoms. The highest BCUT2D eigenvalue weighted by Gasteiger charge is 2.19. The van der Waals surface area contributed by atoms with Crippen molar-refractivity contribution in [3.8, 4) is 6.07 Å². The minimum atomic E-state index is -3.45. The lowest BCUT2D eigenvalue weighted by Crippen LogP contribution is -2.27. The number of sulfonamides is 1. The van der Waals surface area contributed by atoms with Crippen molar-refractivity contribution in [2.24, 2.45) is 5.92 Å². The maximum atomic E-state index is 12.1. The molecule has 0 aromatic heterocycles. The summed E-state index contributed by atoms with van der Waals surface area (Å²) in [6, 6.07) is 6.61. The fraction of sp³-hybridized carbons (Fsp3) is 0.500. The lowest BCUT2D eigenvalue weighted by atomic mass is 9.83. The van der Waals surface area contributed by atoms with Crippen molar-refractivity contribution in [3.05, 3.63) is 29.3 Å². The fourth-order valence-corrected chi connectivity index (χ4v) is 3.32. The zero-order valence-corrected chi connectivity index (χ0v) is 11.8. The van der Waals surface area contributed by atoms with Crippen molar-refractivity contribution < 1.29 is 8.42 Å². The number of nitrogens with one attached hydrogen (secondary N) is 1. The number of hydrogen-bond donors (Lipinski definition) is 1. The van der Waals surface area contributed by atoms with Gasteiger partial charge in [-0.05, 0) is 43.0 Å². The van der Waals surface area contributed by atoms with E-state index in [0.717, 1.165) is 6.42 Å². The molecule has 0 unspecified atom stereocenters. The van der Waals surface area contributed by atoms with E-state index in [1.165, 1.54) is 25.3 Å². The van der Waals surface area contributed by atoms with Crippen molar-refractivity contribution in [1.82, 2.24) is 4.72 Å². The van der Waals surface area contributed by atoms with Crippen LogP contribution in [-0.4, -0.2) is 15.0 Å². The van der Waals surface area contributed by atoms with Crippen LogP contribution in [-0.2, 0) is 10.0 Å². The summed E-state index contributed by atoms with van der Waals surface area (Å²) < 4.78 is 26.8. The molecule has 0 spiro atoms. The van der Waals surface area contributed by atoms with E-state index >= 15 is 0 Å². The highest BCUT2D eigenvalue weighted by Crippen LogP contribution is 2.28. The number of nitrogens with zero attached hydrogens (tertiary/aromatic N) is 1. The SMILES string of the molecule is Cc1cc(S(=O)(=O)NCCC2CCC2)ccc1C#N. The molecule has 1 aromatic carbocycles. The topological polar surface area (TPSA) is 70.0 Å². The van der Waals surface area contributed by atoms with E-state index in [1.807, 2.05) is 6.07 Å². The highest BCUT2D eigenvalue weighted by atomic mass is 32.2. The molecular formula is C14H18N2O2S. The van der Waals surface area contributed by atoms with Crippen molar-refractivity contribution in [2.45, 2.75) is 37.5 Å². The number of aryl methyl sites for hydroxylation is 1. The van der Waals surface area contributed by atoms with Crippen molar-refractivity contribution >= 4 is 10.0 Å². The van der Waals surface area contributed by atoms with Gasteiger partial charge in [-0.15, -0.1) is 0 Å². The Labute approximate surface area is 114 Å². The van der Waals surface area contributed by atoms with Gasteiger partial charge in [0.1, 0.15) is 0 Å². The van der Waals surface area contributed by atoms with Gasteiger partial charge >= 0.3 is 0 Å². The van der Waals surface area contributed by atoms with Crippen LogP contribution in [0.1, 0.15) is 36.8 Å². The van der Waals surface area contributed by atoms with E-state index in [-0.39, 0.29) is 4.90 Å². The molecule has 0 bridgehead atoms. The lowest BCUT2D eigenvalue weighted by Gasteiger charge is -2.25. The number of hydrogen-bond acceptors (Lipinski definition) is 3. The zero-order valence-electron chi connectivity index (χ0n) is 11.0. The molecule has 0 atom stereocenters. The third-order valence-corrected chi connectivity index (χ3v) is 5.16. The van der Waals surface area contributed by atoms with Crippen molar-refractivity contribution in [3.63, 3.8) is 0 Å². The second-order valence-electron chi connectivity index (χ2n) is 5.07. The maximum absolute atomic E-state index is 12.1. The monoisotopic (exact) mass is 278 g/mol. The van der Waals surface area contributed by atoms with E-state index in [1.54, 1.807) is 19.1 Å². The Morgan fingerprint density at radius 1 is 1.42 bits per heavy atom. The Morgan fingerprint density at radius 3 is 2.68 bits per heavy atom. The Bertz CT molecular complexity index is 598. The van der Waals surface area contributed by atoms with Gasteiger partial charge in [-0.25, -0.2) is 13.1 Å². The minimum absolute atomic E-state index is 0.234. The lowest BCUT2D eigenvalue weighted by molar-refractivity contribution is 0.297. The molecule has 0 heterocycles. The third-order valence-electron chi connectivity index (χ3n) is 3.70. The Balaban J connectivity index is 2.02. The summed E-state index contributed by atoms with van der Waals surface area (Å²) in [5, 5.41) is 8.83. The van der Waals surface area contributed by atoms with Crippen molar-refractivity contribution in [2.75, 3.05) is 6.54 Å². The second-order valence-corrected chi connectivity index (χ2v) is 6.84. The van der Waals surface area contributed by atoms with Gasteiger partial charge in [-0.1, -0.05) is 19.3 Å². The van der Waals surface area contributed by atoms with Crippen LogP contribution in [0.4, 0.5) is 0 Å². The van der Waals surface area contributed by atoms with Crippen LogP contribution in [0.25, 0.3) is 0 Å².